The smallest absolute Gasteiger partial charge is 0.0797 e. The molecule has 0 amide bonds. The Kier molecular flexibility index (Phi) is 14.7. The molecule has 0 atom stereocenters. The summed E-state index contributed by atoms with van der Waals surface area (Å²) in [4.78, 5) is 0. The Bertz CT molecular complexity index is 190. The van der Waals surface area contributed by atoms with Crippen molar-refractivity contribution in [2.24, 2.45) is 0 Å². The molecule has 1 N–H and O–H groups in total. The molecule has 0 spiro atoms. The Balaban J connectivity index is 0. The van der Waals surface area contributed by atoms with Gasteiger partial charge < -0.3 is 5.11 Å². The van der Waals surface area contributed by atoms with Crippen LogP contribution in [0.2, 0.25) is 0 Å². The van der Waals surface area contributed by atoms with Gasteiger partial charge in [-0.25, -0.2) is 0 Å². The Labute approximate surface area is 81.7 Å². The highest BCUT2D eigenvalue weighted by Crippen LogP contribution is 1.98. The van der Waals surface area contributed by atoms with E-state index in [2.05, 4.69) is 0 Å². The molecule has 13 heavy (non-hydrogen) atoms. The average Bonchev–Trinajstić information content (AvgIpc) is 2.26. The summed E-state index contributed by atoms with van der Waals surface area (Å²) >= 11 is 0. The van der Waals surface area contributed by atoms with Crippen LogP contribution in [-0.4, -0.2) is 5.11 Å². The largest absolute Gasteiger partial charge is 0.516 e. The number of rotatable bonds is 1. The van der Waals surface area contributed by atoms with Crippen LogP contribution in [-0.2, 0) is 0 Å². The molecule has 0 saturated heterocycles. The van der Waals surface area contributed by atoms with E-state index in [1.807, 2.05) is 58.0 Å². The summed E-state index contributed by atoms with van der Waals surface area (Å²) in [7, 11) is 0. The van der Waals surface area contributed by atoms with Gasteiger partial charge in [-0.3, -0.25) is 0 Å². The molecule has 0 bridgehead atoms. The SMILES string of the molecule is CC.CC.O/C=C\c1ccccc1. The molecule has 1 aromatic carbocycles. The maximum absolute atomic E-state index is 8.34. The van der Waals surface area contributed by atoms with E-state index in [-0.39, 0.29) is 0 Å². The second kappa shape index (κ2) is 13.4. The lowest BCUT2D eigenvalue weighted by Gasteiger charge is -1.86. The summed E-state index contributed by atoms with van der Waals surface area (Å²) < 4.78 is 0. The van der Waals surface area contributed by atoms with Crippen LogP contribution in [0.3, 0.4) is 0 Å². The molecule has 0 saturated carbocycles. The summed E-state index contributed by atoms with van der Waals surface area (Å²) in [5.74, 6) is 0. The van der Waals surface area contributed by atoms with Crippen LogP contribution < -0.4 is 0 Å². The van der Waals surface area contributed by atoms with Gasteiger partial charge in [-0.1, -0.05) is 58.0 Å². The number of aliphatic hydroxyl groups is 1. The number of benzene rings is 1. The third-order valence-corrected chi connectivity index (χ3v) is 1.07. The predicted molar refractivity (Wildman–Crippen MR) is 60.8 cm³/mol. The fourth-order valence-electron chi connectivity index (χ4n) is 0.650. The fraction of sp³-hybridized carbons (Fsp3) is 0.333. The van der Waals surface area contributed by atoms with Crippen molar-refractivity contribution in [3.63, 3.8) is 0 Å². The second-order valence-corrected chi connectivity index (χ2v) is 1.73. The standard InChI is InChI=1S/C8H8O.2C2H6/c9-7-6-8-4-2-1-3-5-8;2*1-2/h1-7,9H;2*1-2H3/b7-6-;;. The summed E-state index contributed by atoms with van der Waals surface area (Å²) in [5.41, 5.74) is 1.01. The molecule has 74 valence electrons. The van der Waals surface area contributed by atoms with E-state index in [1.165, 1.54) is 0 Å². The highest BCUT2D eigenvalue weighted by Gasteiger charge is 1.78. The normalized spacial score (nSPS) is 8.00. The first-order valence-electron chi connectivity index (χ1n) is 4.79. The Morgan fingerprint density at radius 3 is 1.77 bits per heavy atom. The molecule has 0 unspecified atom stereocenters. The molecule has 0 aliphatic rings. The minimum atomic E-state index is 1.01. The van der Waals surface area contributed by atoms with Crippen molar-refractivity contribution < 1.29 is 5.11 Å². The van der Waals surface area contributed by atoms with Gasteiger partial charge in [0.15, 0.2) is 0 Å². The third-order valence-electron chi connectivity index (χ3n) is 1.07. The van der Waals surface area contributed by atoms with Crippen molar-refractivity contribution in [1.82, 2.24) is 0 Å². The van der Waals surface area contributed by atoms with Gasteiger partial charge in [-0.05, 0) is 11.6 Å². The van der Waals surface area contributed by atoms with E-state index in [4.69, 9.17) is 5.11 Å². The zero-order valence-electron chi connectivity index (χ0n) is 8.99. The molecule has 0 radical (unpaired) electrons. The maximum Gasteiger partial charge on any atom is 0.0797 e. The van der Waals surface area contributed by atoms with Gasteiger partial charge in [-0.2, -0.15) is 0 Å². The zero-order chi connectivity index (χ0) is 10.5. The van der Waals surface area contributed by atoms with E-state index in [0.29, 0.717) is 0 Å². The number of aliphatic hydroxyl groups excluding tert-OH is 1. The van der Waals surface area contributed by atoms with Crippen LogP contribution in [0.1, 0.15) is 33.3 Å². The van der Waals surface area contributed by atoms with Crippen molar-refractivity contribution in [3.8, 4) is 0 Å². The lowest BCUT2D eigenvalue weighted by Crippen LogP contribution is -1.66. The molecule has 0 aromatic heterocycles. The molecule has 1 aromatic rings. The van der Waals surface area contributed by atoms with Crippen LogP contribution in [0.5, 0.6) is 0 Å². The lowest BCUT2D eigenvalue weighted by atomic mass is 10.2. The summed E-state index contributed by atoms with van der Waals surface area (Å²) in [6.07, 6.45) is 2.68. The average molecular weight is 180 g/mol. The molecule has 1 rings (SSSR count). The van der Waals surface area contributed by atoms with Gasteiger partial charge in [0.05, 0.1) is 6.26 Å². The minimum absolute atomic E-state index is 1.01. The van der Waals surface area contributed by atoms with Gasteiger partial charge in [0.25, 0.3) is 0 Å². The van der Waals surface area contributed by atoms with Crippen LogP contribution >= 0.6 is 0 Å². The Morgan fingerprint density at radius 1 is 0.923 bits per heavy atom. The van der Waals surface area contributed by atoms with E-state index in [9.17, 15) is 0 Å². The van der Waals surface area contributed by atoms with E-state index in [1.54, 1.807) is 6.08 Å². The van der Waals surface area contributed by atoms with Gasteiger partial charge in [0.2, 0.25) is 0 Å². The molecule has 0 aliphatic carbocycles. The summed E-state index contributed by atoms with van der Waals surface area (Å²) in [6, 6.07) is 9.64. The fourth-order valence-corrected chi connectivity index (χ4v) is 0.650. The Hall–Kier alpha value is -1.24. The number of hydrogen-bond acceptors (Lipinski definition) is 1. The highest BCUT2D eigenvalue weighted by atomic mass is 16.2. The molecule has 1 nitrogen and oxygen atoms in total. The van der Waals surface area contributed by atoms with Crippen LogP contribution in [0, 0.1) is 0 Å². The first-order chi connectivity index (χ1) is 6.43. The molecule has 0 heterocycles. The third kappa shape index (κ3) is 8.67. The monoisotopic (exact) mass is 180 g/mol. The molecule has 0 fully saturated rings. The van der Waals surface area contributed by atoms with Crippen LogP contribution in [0.4, 0.5) is 0 Å². The van der Waals surface area contributed by atoms with Gasteiger partial charge in [0, 0.05) is 0 Å². The van der Waals surface area contributed by atoms with Crippen molar-refractivity contribution in [2.75, 3.05) is 0 Å². The minimum Gasteiger partial charge on any atom is -0.516 e. The topological polar surface area (TPSA) is 20.2 Å². The predicted octanol–water partition coefficient (Wildman–Crippen LogP) is 4.27. The molecular formula is C12H20O. The lowest BCUT2D eigenvalue weighted by molar-refractivity contribution is 0.478. The summed E-state index contributed by atoms with van der Waals surface area (Å²) in [5, 5.41) is 8.34. The first kappa shape index (κ1) is 14.3. The molecule has 0 aliphatic heterocycles. The van der Waals surface area contributed by atoms with E-state index in [0.717, 1.165) is 11.8 Å². The van der Waals surface area contributed by atoms with Crippen molar-refractivity contribution in [3.05, 3.63) is 42.2 Å². The quantitative estimate of drug-likeness (QED) is 0.640. The van der Waals surface area contributed by atoms with Gasteiger partial charge >= 0.3 is 0 Å². The van der Waals surface area contributed by atoms with Gasteiger partial charge in [0.1, 0.15) is 0 Å². The highest BCUT2D eigenvalue weighted by molar-refractivity contribution is 5.47. The van der Waals surface area contributed by atoms with Gasteiger partial charge in [-0.15, -0.1) is 0 Å². The van der Waals surface area contributed by atoms with Crippen molar-refractivity contribution in [2.45, 2.75) is 27.7 Å². The van der Waals surface area contributed by atoms with Crippen molar-refractivity contribution in [1.29, 1.82) is 0 Å². The van der Waals surface area contributed by atoms with Crippen molar-refractivity contribution >= 4 is 6.08 Å². The van der Waals surface area contributed by atoms with Crippen LogP contribution in [0.25, 0.3) is 6.08 Å². The second-order valence-electron chi connectivity index (χ2n) is 1.73. The summed E-state index contributed by atoms with van der Waals surface area (Å²) in [6.45, 7) is 8.00. The number of hydrogen-bond donors (Lipinski definition) is 1. The first-order valence-corrected chi connectivity index (χ1v) is 4.79. The molecule has 1 heteroatoms. The zero-order valence-corrected chi connectivity index (χ0v) is 8.99. The Morgan fingerprint density at radius 2 is 1.38 bits per heavy atom. The van der Waals surface area contributed by atoms with E-state index >= 15 is 0 Å². The van der Waals surface area contributed by atoms with Crippen LogP contribution in [0.15, 0.2) is 36.6 Å². The maximum atomic E-state index is 8.34. The van der Waals surface area contributed by atoms with E-state index < -0.39 is 0 Å². The molecular weight excluding hydrogens is 160 g/mol.